The van der Waals surface area contributed by atoms with E-state index in [4.69, 9.17) is 27.7 Å². The van der Waals surface area contributed by atoms with Crippen LogP contribution in [0.1, 0.15) is 19.5 Å². The van der Waals surface area contributed by atoms with Crippen molar-refractivity contribution in [2.45, 2.75) is 26.4 Å². The predicted octanol–water partition coefficient (Wildman–Crippen LogP) is 4.15. The molecule has 0 fully saturated rings. The molecule has 18 heavy (non-hydrogen) atoms. The standard InChI is InChI=1S/C13H14Cl2N2O/c1-8(2)16-7-10-6-13(18-17-10)11-5-9(14)3-4-12(11)15/h3-6,8,16H,7H2,1-2H3. The molecule has 5 heteroatoms. The van der Waals surface area contributed by atoms with Crippen LogP contribution in [-0.2, 0) is 6.54 Å². The summed E-state index contributed by atoms with van der Waals surface area (Å²) in [6, 6.07) is 7.52. The number of aromatic nitrogens is 1. The third-order valence-electron chi connectivity index (χ3n) is 2.44. The minimum atomic E-state index is 0.403. The van der Waals surface area contributed by atoms with Crippen molar-refractivity contribution in [1.29, 1.82) is 0 Å². The second kappa shape index (κ2) is 5.74. The molecule has 1 N–H and O–H groups in total. The van der Waals surface area contributed by atoms with Gasteiger partial charge in [0.05, 0.1) is 10.7 Å². The van der Waals surface area contributed by atoms with E-state index in [1.807, 2.05) is 6.07 Å². The van der Waals surface area contributed by atoms with Gasteiger partial charge >= 0.3 is 0 Å². The third-order valence-corrected chi connectivity index (χ3v) is 3.01. The summed E-state index contributed by atoms with van der Waals surface area (Å²) in [4.78, 5) is 0. The van der Waals surface area contributed by atoms with Gasteiger partial charge in [0, 0.05) is 29.2 Å². The molecule has 2 aromatic rings. The molecule has 0 aliphatic carbocycles. The molecule has 96 valence electrons. The molecule has 0 atom stereocenters. The molecule has 0 bridgehead atoms. The van der Waals surface area contributed by atoms with Crippen molar-refractivity contribution in [1.82, 2.24) is 10.5 Å². The van der Waals surface area contributed by atoms with Gasteiger partial charge in [-0.25, -0.2) is 0 Å². The fraction of sp³-hybridized carbons (Fsp3) is 0.308. The highest BCUT2D eigenvalue weighted by atomic mass is 35.5. The van der Waals surface area contributed by atoms with Crippen LogP contribution in [0.25, 0.3) is 11.3 Å². The zero-order valence-electron chi connectivity index (χ0n) is 10.2. The smallest absolute Gasteiger partial charge is 0.168 e. The number of nitrogens with zero attached hydrogens (tertiary/aromatic N) is 1. The Hall–Kier alpha value is -1.03. The highest BCUT2D eigenvalue weighted by Crippen LogP contribution is 2.30. The van der Waals surface area contributed by atoms with Gasteiger partial charge in [-0.15, -0.1) is 0 Å². The van der Waals surface area contributed by atoms with Gasteiger partial charge in [-0.05, 0) is 18.2 Å². The van der Waals surface area contributed by atoms with Gasteiger partial charge in [-0.1, -0.05) is 42.2 Å². The quantitative estimate of drug-likeness (QED) is 0.917. The molecule has 0 aliphatic heterocycles. The Bertz CT molecular complexity index is 538. The highest BCUT2D eigenvalue weighted by Gasteiger charge is 2.11. The fourth-order valence-corrected chi connectivity index (χ4v) is 1.90. The molecule has 0 saturated carbocycles. The van der Waals surface area contributed by atoms with Crippen molar-refractivity contribution in [3.05, 3.63) is 40.0 Å². The average Bonchev–Trinajstić information content (AvgIpc) is 2.78. The summed E-state index contributed by atoms with van der Waals surface area (Å²) in [5, 5.41) is 8.48. The van der Waals surface area contributed by atoms with Gasteiger partial charge in [0.2, 0.25) is 0 Å². The molecule has 0 aliphatic rings. The van der Waals surface area contributed by atoms with Gasteiger partial charge in [-0.3, -0.25) is 0 Å². The molecule has 1 aromatic carbocycles. The van der Waals surface area contributed by atoms with Crippen LogP contribution in [-0.4, -0.2) is 11.2 Å². The van der Waals surface area contributed by atoms with Crippen LogP contribution >= 0.6 is 23.2 Å². The Balaban J connectivity index is 2.21. The zero-order valence-corrected chi connectivity index (χ0v) is 11.7. The summed E-state index contributed by atoms with van der Waals surface area (Å²) in [6.45, 7) is 4.82. The lowest BCUT2D eigenvalue weighted by atomic mass is 10.1. The molecule has 1 heterocycles. The van der Waals surface area contributed by atoms with Gasteiger partial charge in [-0.2, -0.15) is 0 Å². The molecule has 0 unspecified atom stereocenters. The first-order valence-corrected chi connectivity index (χ1v) is 6.46. The first-order valence-electron chi connectivity index (χ1n) is 5.70. The summed E-state index contributed by atoms with van der Waals surface area (Å²) in [5.41, 5.74) is 1.60. The largest absolute Gasteiger partial charge is 0.356 e. The fourth-order valence-electron chi connectivity index (χ4n) is 1.52. The number of halogens is 2. The Kier molecular flexibility index (Phi) is 4.27. The van der Waals surface area contributed by atoms with Crippen LogP contribution in [0.4, 0.5) is 0 Å². The number of hydrogen-bond donors (Lipinski definition) is 1. The minimum absolute atomic E-state index is 0.403. The van der Waals surface area contributed by atoms with E-state index in [9.17, 15) is 0 Å². The number of hydrogen-bond acceptors (Lipinski definition) is 3. The molecule has 3 nitrogen and oxygen atoms in total. The van der Waals surface area contributed by atoms with Crippen molar-refractivity contribution in [3.8, 4) is 11.3 Å². The lowest BCUT2D eigenvalue weighted by Crippen LogP contribution is -2.21. The molecule has 1 aromatic heterocycles. The monoisotopic (exact) mass is 284 g/mol. The number of rotatable bonds is 4. The van der Waals surface area contributed by atoms with E-state index in [0.29, 0.717) is 28.4 Å². The highest BCUT2D eigenvalue weighted by molar-refractivity contribution is 6.35. The average molecular weight is 285 g/mol. The lowest BCUT2D eigenvalue weighted by molar-refractivity contribution is 0.417. The van der Waals surface area contributed by atoms with E-state index in [1.165, 1.54) is 0 Å². The van der Waals surface area contributed by atoms with Crippen LogP contribution in [0.2, 0.25) is 10.0 Å². The number of nitrogens with one attached hydrogen (secondary N) is 1. The Labute approximate surface area is 116 Å². The first-order chi connectivity index (χ1) is 8.56. The van der Waals surface area contributed by atoms with Crippen molar-refractivity contribution >= 4 is 23.2 Å². The molecule has 0 saturated heterocycles. The Morgan fingerprint density at radius 3 is 2.78 bits per heavy atom. The Morgan fingerprint density at radius 1 is 1.28 bits per heavy atom. The molecule has 0 amide bonds. The van der Waals surface area contributed by atoms with Crippen molar-refractivity contribution in [2.75, 3.05) is 0 Å². The molecular weight excluding hydrogens is 271 g/mol. The summed E-state index contributed by atoms with van der Waals surface area (Å²) in [5.74, 6) is 0.628. The summed E-state index contributed by atoms with van der Waals surface area (Å²) in [7, 11) is 0. The topological polar surface area (TPSA) is 38.1 Å². The zero-order chi connectivity index (χ0) is 13.1. The maximum Gasteiger partial charge on any atom is 0.168 e. The van der Waals surface area contributed by atoms with Gasteiger partial charge in [0.15, 0.2) is 5.76 Å². The summed E-state index contributed by atoms with van der Waals surface area (Å²) < 4.78 is 5.29. The molecular formula is C13H14Cl2N2O. The first kappa shape index (κ1) is 13.4. The van der Waals surface area contributed by atoms with E-state index in [0.717, 1.165) is 11.3 Å². The molecule has 0 spiro atoms. The van der Waals surface area contributed by atoms with E-state index < -0.39 is 0 Å². The van der Waals surface area contributed by atoms with E-state index in [-0.39, 0.29) is 0 Å². The van der Waals surface area contributed by atoms with E-state index in [2.05, 4.69) is 24.3 Å². The van der Waals surface area contributed by atoms with E-state index in [1.54, 1.807) is 18.2 Å². The maximum absolute atomic E-state index is 6.11. The minimum Gasteiger partial charge on any atom is -0.356 e. The van der Waals surface area contributed by atoms with Crippen molar-refractivity contribution in [3.63, 3.8) is 0 Å². The maximum atomic E-state index is 6.11. The predicted molar refractivity (Wildman–Crippen MR) is 73.9 cm³/mol. The molecule has 0 radical (unpaired) electrons. The van der Waals surface area contributed by atoms with Crippen molar-refractivity contribution in [2.24, 2.45) is 0 Å². The van der Waals surface area contributed by atoms with Crippen LogP contribution in [0.3, 0.4) is 0 Å². The van der Waals surface area contributed by atoms with Gasteiger partial charge in [0.25, 0.3) is 0 Å². The van der Waals surface area contributed by atoms with E-state index >= 15 is 0 Å². The second-order valence-corrected chi connectivity index (χ2v) is 5.19. The van der Waals surface area contributed by atoms with Crippen LogP contribution < -0.4 is 5.32 Å². The van der Waals surface area contributed by atoms with Crippen molar-refractivity contribution < 1.29 is 4.52 Å². The summed E-state index contributed by atoms with van der Waals surface area (Å²) in [6.07, 6.45) is 0. The van der Waals surface area contributed by atoms with Gasteiger partial charge in [0.1, 0.15) is 0 Å². The van der Waals surface area contributed by atoms with Gasteiger partial charge < -0.3 is 9.84 Å². The SMILES string of the molecule is CC(C)NCc1cc(-c2cc(Cl)ccc2Cl)on1. The summed E-state index contributed by atoms with van der Waals surface area (Å²) >= 11 is 12.0. The Morgan fingerprint density at radius 2 is 2.06 bits per heavy atom. The normalized spacial score (nSPS) is 11.2. The lowest BCUT2D eigenvalue weighted by Gasteiger charge is -2.03. The second-order valence-electron chi connectivity index (χ2n) is 4.34. The van der Waals surface area contributed by atoms with Crippen LogP contribution in [0, 0.1) is 0 Å². The van der Waals surface area contributed by atoms with Crippen LogP contribution in [0.5, 0.6) is 0 Å². The molecule has 2 rings (SSSR count). The number of benzene rings is 1. The van der Waals surface area contributed by atoms with Crippen LogP contribution in [0.15, 0.2) is 28.8 Å². The third kappa shape index (κ3) is 3.25.